The third-order valence-corrected chi connectivity index (χ3v) is 4.04. The van der Waals surface area contributed by atoms with E-state index in [9.17, 15) is 9.59 Å². The van der Waals surface area contributed by atoms with E-state index in [4.69, 9.17) is 4.74 Å². The van der Waals surface area contributed by atoms with E-state index in [-0.39, 0.29) is 11.8 Å². The molecule has 3 aromatic rings. The van der Waals surface area contributed by atoms with Crippen LogP contribution in [0.25, 0.3) is 0 Å². The quantitative estimate of drug-likeness (QED) is 0.639. The number of carbonyl (C=O) groups is 2. The largest absolute Gasteiger partial charge is 0.494 e. The average molecular weight is 374 g/mol. The summed E-state index contributed by atoms with van der Waals surface area (Å²) in [5.74, 6) is 0.352. The maximum Gasteiger partial charge on any atom is 0.255 e. The fraction of sp³-hybridized carbons (Fsp3) is 0.130. The maximum atomic E-state index is 12.4. The van der Waals surface area contributed by atoms with Gasteiger partial charge in [-0.2, -0.15) is 0 Å². The minimum Gasteiger partial charge on any atom is -0.494 e. The Labute approximate surface area is 164 Å². The summed E-state index contributed by atoms with van der Waals surface area (Å²) in [5.41, 5.74) is 2.80. The fourth-order valence-corrected chi connectivity index (χ4v) is 2.72. The van der Waals surface area contributed by atoms with Crippen molar-refractivity contribution in [3.8, 4) is 5.75 Å². The molecule has 5 heteroatoms. The summed E-state index contributed by atoms with van der Waals surface area (Å²) in [5, 5.41) is 5.70. The molecule has 5 nitrogen and oxygen atoms in total. The first kappa shape index (κ1) is 19.2. The Hall–Kier alpha value is -3.60. The van der Waals surface area contributed by atoms with Gasteiger partial charge >= 0.3 is 0 Å². The molecule has 28 heavy (non-hydrogen) atoms. The van der Waals surface area contributed by atoms with Crippen LogP contribution in [0.4, 0.5) is 11.4 Å². The zero-order valence-corrected chi connectivity index (χ0v) is 15.6. The van der Waals surface area contributed by atoms with Crippen molar-refractivity contribution >= 4 is 23.2 Å². The van der Waals surface area contributed by atoms with E-state index in [1.807, 2.05) is 43.3 Å². The number of benzene rings is 3. The number of rotatable bonds is 7. The Balaban J connectivity index is 1.57. The third-order valence-electron chi connectivity index (χ3n) is 4.04. The molecule has 0 aliphatic heterocycles. The van der Waals surface area contributed by atoms with Gasteiger partial charge < -0.3 is 15.4 Å². The molecule has 0 radical (unpaired) electrons. The summed E-state index contributed by atoms with van der Waals surface area (Å²) >= 11 is 0. The van der Waals surface area contributed by atoms with Gasteiger partial charge in [-0.15, -0.1) is 0 Å². The third kappa shape index (κ3) is 5.45. The summed E-state index contributed by atoms with van der Waals surface area (Å²) in [7, 11) is 0. The normalized spacial score (nSPS) is 10.2. The summed E-state index contributed by atoms with van der Waals surface area (Å²) in [6, 6.07) is 23.6. The Bertz CT molecular complexity index is 938. The lowest BCUT2D eigenvalue weighted by molar-refractivity contribution is -0.115. The Morgan fingerprint density at radius 2 is 1.50 bits per heavy atom. The molecule has 0 heterocycles. The highest BCUT2D eigenvalue weighted by Crippen LogP contribution is 2.17. The van der Waals surface area contributed by atoms with E-state index in [2.05, 4.69) is 10.6 Å². The number of hydrogen-bond donors (Lipinski definition) is 2. The molecule has 0 fully saturated rings. The van der Waals surface area contributed by atoms with E-state index >= 15 is 0 Å². The zero-order chi connectivity index (χ0) is 19.8. The van der Waals surface area contributed by atoms with E-state index in [1.165, 1.54) is 0 Å². The molecule has 0 aliphatic carbocycles. The van der Waals surface area contributed by atoms with Crippen molar-refractivity contribution in [2.75, 3.05) is 17.2 Å². The highest BCUT2D eigenvalue weighted by molar-refractivity contribution is 6.04. The van der Waals surface area contributed by atoms with Crippen LogP contribution in [-0.4, -0.2) is 18.4 Å². The van der Waals surface area contributed by atoms with Crippen LogP contribution in [0.2, 0.25) is 0 Å². The first-order valence-corrected chi connectivity index (χ1v) is 9.12. The molecule has 0 spiro atoms. The molecule has 0 atom stereocenters. The number of carbonyl (C=O) groups excluding carboxylic acids is 2. The van der Waals surface area contributed by atoms with Crippen molar-refractivity contribution in [2.24, 2.45) is 0 Å². The van der Waals surface area contributed by atoms with Crippen LogP contribution in [-0.2, 0) is 11.2 Å². The van der Waals surface area contributed by atoms with Gasteiger partial charge in [0.05, 0.1) is 13.0 Å². The standard InChI is InChI=1S/C23H22N2O3/c1-2-28-21-10-6-9-18(16-21)23(27)25-20-13-11-19(12-14-20)24-22(26)15-17-7-4-3-5-8-17/h3-14,16H,2,15H2,1H3,(H,24,26)(H,25,27). The van der Waals surface area contributed by atoms with Gasteiger partial charge in [0.1, 0.15) is 5.75 Å². The van der Waals surface area contributed by atoms with Crippen molar-refractivity contribution in [3.63, 3.8) is 0 Å². The summed E-state index contributed by atoms with van der Waals surface area (Å²) in [6.45, 7) is 2.44. The lowest BCUT2D eigenvalue weighted by atomic mass is 10.1. The molecule has 3 rings (SSSR count). The molecule has 2 amide bonds. The van der Waals surface area contributed by atoms with E-state index in [1.54, 1.807) is 42.5 Å². The second kappa shape index (κ2) is 9.37. The predicted molar refractivity (Wildman–Crippen MR) is 111 cm³/mol. The van der Waals surface area contributed by atoms with Gasteiger partial charge in [-0.3, -0.25) is 9.59 Å². The van der Waals surface area contributed by atoms with Crippen LogP contribution >= 0.6 is 0 Å². The molecule has 0 bridgehead atoms. The van der Waals surface area contributed by atoms with Gasteiger partial charge in [0.2, 0.25) is 5.91 Å². The monoisotopic (exact) mass is 374 g/mol. The van der Waals surface area contributed by atoms with Crippen molar-refractivity contribution in [1.82, 2.24) is 0 Å². The van der Waals surface area contributed by atoms with Crippen LogP contribution in [0.15, 0.2) is 78.9 Å². The smallest absolute Gasteiger partial charge is 0.255 e. The topological polar surface area (TPSA) is 67.4 Å². The number of amides is 2. The first-order valence-electron chi connectivity index (χ1n) is 9.12. The lowest BCUT2D eigenvalue weighted by Gasteiger charge is -2.09. The molecule has 3 aromatic carbocycles. The van der Waals surface area contributed by atoms with Gasteiger partial charge in [-0.1, -0.05) is 36.4 Å². The minimum atomic E-state index is -0.220. The molecule has 0 unspecified atom stereocenters. The van der Waals surface area contributed by atoms with Crippen LogP contribution in [0.3, 0.4) is 0 Å². The Kier molecular flexibility index (Phi) is 6.41. The lowest BCUT2D eigenvalue weighted by Crippen LogP contribution is -2.15. The van der Waals surface area contributed by atoms with Crippen molar-refractivity contribution < 1.29 is 14.3 Å². The predicted octanol–water partition coefficient (Wildman–Crippen LogP) is 4.52. The highest BCUT2D eigenvalue weighted by Gasteiger charge is 2.08. The number of hydrogen-bond acceptors (Lipinski definition) is 3. The molecule has 0 aromatic heterocycles. The second-order valence-corrected chi connectivity index (χ2v) is 6.20. The van der Waals surface area contributed by atoms with Crippen LogP contribution in [0.1, 0.15) is 22.8 Å². The average Bonchev–Trinajstić information content (AvgIpc) is 2.70. The van der Waals surface area contributed by atoms with Crippen molar-refractivity contribution in [2.45, 2.75) is 13.3 Å². The first-order chi connectivity index (χ1) is 13.6. The molecule has 0 aliphatic rings. The molecular weight excluding hydrogens is 352 g/mol. The minimum absolute atomic E-state index is 0.0873. The van der Waals surface area contributed by atoms with Gasteiger partial charge in [0, 0.05) is 16.9 Å². The number of nitrogens with one attached hydrogen (secondary N) is 2. The summed E-state index contributed by atoms with van der Waals surface area (Å²) in [6.07, 6.45) is 0.315. The molecular formula is C23H22N2O3. The van der Waals surface area contributed by atoms with Gasteiger partial charge in [0.25, 0.3) is 5.91 Å². The molecule has 0 saturated carbocycles. The van der Waals surface area contributed by atoms with Crippen LogP contribution in [0.5, 0.6) is 5.75 Å². The number of anilines is 2. The zero-order valence-electron chi connectivity index (χ0n) is 15.6. The van der Waals surface area contributed by atoms with Gasteiger partial charge in [-0.25, -0.2) is 0 Å². The van der Waals surface area contributed by atoms with Crippen molar-refractivity contribution in [1.29, 1.82) is 0 Å². The second-order valence-electron chi connectivity index (χ2n) is 6.20. The molecule has 0 saturated heterocycles. The van der Waals surface area contributed by atoms with E-state index in [0.29, 0.717) is 35.7 Å². The van der Waals surface area contributed by atoms with Crippen LogP contribution < -0.4 is 15.4 Å². The molecule has 2 N–H and O–H groups in total. The van der Waals surface area contributed by atoms with E-state index in [0.717, 1.165) is 5.56 Å². The van der Waals surface area contributed by atoms with Gasteiger partial charge in [0.15, 0.2) is 0 Å². The molecule has 142 valence electrons. The highest BCUT2D eigenvalue weighted by atomic mass is 16.5. The Morgan fingerprint density at radius 1 is 0.821 bits per heavy atom. The fourth-order valence-electron chi connectivity index (χ4n) is 2.72. The van der Waals surface area contributed by atoms with Gasteiger partial charge in [-0.05, 0) is 55.0 Å². The van der Waals surface area contributed by atoms with Crippen LogP contribution in [0, 0.1) is 0 Å². The Morgan fingerprint density at radius 3 is 2.18 bits per heavy atom. The summed E-state index contributed by atoms with van der Waals surface area (Å²) < 4.78 is 5.42. The summed E-state index contributed by atoms with van der Waals surface area (Å²) in [4.78, 5) is 24.5. The maximum absolute atomic E-state index is 12.4. The number of ether oxygens (including phenoxy) is 1. The SMILES string of the molecule is CCOc1cccc(C(=O)Nc2ccc(NC(=O)Cc3ccccc3)cc2)c1. The van der Waals surface area contributed by atoms with E-state index < -0.39 is 0 Å². The van der Waals surface area contributed by atoms with Crippen molar-refractivity contribution in [3.05, 3.63) is 90.0 Å².